The minimum absolute atomic E-state index is 0.213. The summed E-state index contributed by atoms with van der Waals surface area (Å²) in [4.78, 5) is 21.8. The first-order valence-electron chi connectivity index (χ1n) is 4.97. The maximum absolute atomic E-state index is 11.5. The zero-order valence-corrected chi connectivity index (χ0v) is 9.18. The third kappa shape index (κ3) is 4.38. The second-order valence-corrected chi connectivity index (χ2v) is 3.21. The topological polar surface area (TPSA) is 75.6 Å². The molecule has 1 rings (SSSR count). The fourth-order valence-electron chi connectivity index (χ4n) is 1.11. The Morgan fingerprint density at radius 1 is 1.35 bits per heavy atom. The van der Waals surface area contributed by atoms with Gasteiger partial charge in [0.15, 0.2) is 6.61 Å². The fraction of sp³-hybridized carbons (Fsp3) is 0.167. The average Bonchev–Trinajstić information content (AvgIpc) is 2.34. The highest BCUT2D eigenvalue weighted by atomic mass is 16.5. The van der Waals surface area contributed by atoms with E-state index in [2.05, 4.69) is 11.9 Å². The van der Waals surface area contributed by atoms with Crippen molar-refractivity contribution in [2.24, 2.45) is 0 Å². The molecule has 0 aliphatic heterocycles. The molecule has 90 valence electrons. The third-order valence-corrected chi connectivity index (χ3v) is 1.89. The van der Waals surface area contributed by atoms with Gasteiger partial charge in [0.1, 0.15) is 5.75 Å². The number of aliphatic carboxylic acids is 1. The number of hydrogen-bond acceptors (Lipinski definition) is 3. The summed E-state index contributed by atoms with van der Waals surface area (Å²) in [5, 5.41) is 11.0. The Kier molecular flexibility index (Phi) is 4.75. The number of rotatable bonds is 6. The summed E-state index contributed by atoms with van der Waals surface area (Å²) in [6.45, 7) is 3.49. The predicted octanol–water partition coefficient (Wildman–Crippen LogP) is 1.07. The quantitative estimate of drug-likeness (QED) is 0.723. The summed E-state index contributed by atoms with van der Waals surface area (Å²) >= 11 is 0. The maximum atomic E-state index is 11.5. The molecule has 1 aromatic carbocycles. The lowest BCUT2D eigenvalue weighted by molar-refractivity contribution is -0.139. The molecule has 0 atom stereocenters. The van der Waals surface area contributed by atoms with E-state index in [4.69, 9.17) is 9.84 Å². The van der Waals surface area contributed by atoms with Gasteiger partial charge in [0, 0.05) is 12.1 Å². The number of amides is 1. The normalized spacial score (nSPS) is 9.41. The monoisotopic (exact) mass is 235 g/mol. The van der Waals surface area contributed by atoms with Gasteiger partial charge in [-0.3, -0.25) is 4.79 Å². The first-order valence-corrected chi connectivity index (χ1v) is 4.97. The Hall–Kier alpha value is -2.30. The highest BCUT2D eigenvalue weighted by molar-refractivity contribution is 5.94. The molecule has 0 saturated carbocycles. The summed E-state index contributed by atoms with van der Waals surface area (Å²) in [6, 6.07) is 6.22. The number of carbonyl (C=O) groups is 2. The van der Waals surface area contributed by atoms with Gasteiger partial charge in [0.05, 0.1) is 0 Å². The summed E-state index contributed by atoms with van der Waals surface area (Å²) in [7, 11) is 0. The second kappa shape index (κ2) is 6.32. The van der Waals surface area contributed by atoms with Gasteiger partial charge in [0.2, 0.25) is 0 Å². The summed E-state index contributed by atoms with van der Waals surface area (Å²) < 4.78 is 4.94. The first kappa shape index (κ1) is 12.8. The molecule has 0 bridgehead atoms. The number of carboxylic acids is 1. The van der Waals surface area contributed by atoms with Crippen molar-refractivity contribution in [2.75, 3.05) is 13.2 Å². The molecule has 0 saturated heterocycles. The van der Waals surface area contributed by atoms with Gasteiger partial charge < -0.3 is 15.2 Å². The molecule has 0 radical (unpaired) electrons. The molecule has 1 aromatic rings. The van der Waals surface area contributed by atoms with E-state index in [1.807, 2.05) is 0 Å². The number of nitrogens with one attached hydrogen (secondary N) is 1. The van der Waals surface area contributed by atoms with E-state index in [-0.39, 0.29) is 5.91 Å². The van der Waals surface area contributed by atoms with Crippen LogP contribution < -0.4 is 10.1 Å². The largest absolute Gasteiger partial charge is 0.482 e. The zero-order valence-electron chi connectivity index (χ0n) is 9.18. The van der Waals surface area contributed by atoms with E-state index in [9.17, 15) is 9.59 Å². The molecule has 17 heavy (non-hydrogen) atoms. The van der Waals surface area contributed by atoms with Crippen LogP contribution in [-0.4, -0.2) is 30.1 Å². The standard InChI is InChI=1S/C12H13NO4/c1-2-7-13-12(16)9-3-5-10(6-4-9)17-8-11(14)15/h2-6H,1,7-8H2,(H,13,16)(H,14,15). The molecule has 1 amide bonds. The molecule has 0 fully saturated rings. The molecule has 0 spiro atoms. The molecule has 5 heteroatoms. The van der Waals surface area contributed by atoms with Crippen LogP contribution in [0, 0.1) is 0 Å². The van der Waals surface area contributed by atoms with Crippen molar-refractivity contribution in [3.05, 3.63) is 42.5 Å². The lowest BCUT2D eigenvalue weighted by atomic mass is 10.2. The van der Waals surface area contributed by atoms with Crippen molar-refractivity contribution in [3.63, 3.8) is 0 Å². The lowest BCUT2D eigenvalue weighted by Crippen LogP contribution is -2.23. The van der Waals surface area contributed by atoms with E-state index in [0.29, 0.717) is 17.9 Å². The van der Waals surface area contributed by atoms with Gasteiger partial charge in [0.25, 0.3) is 5.91 Å². The molecular formula is C12H13NO4. The van der Waals surface area contributed by atoms with E-state index >= 15 is 0 Å². The van der Waals surface area contributed by atoms with E-state index in [0.717, 1.165) is 0 Å². The smallest absolute Gasteiger partial charge is 0.341 e. The van der Waals surface area contributed by atoms with Gasteiger partial charge in [-0.15, -0.1) is 6.58 Å². The molecule has 5 nitrogen and oxygen atoms in total. The van der Waals surface area contributed by atoms with E-state index in [1.54, 1.807) is 30.3 Å². The van der Waals surface area contributed by atoms with Gasteiger partial charge >= 0.3 is 5.97 Å². The SMILES string of the molecule is C=CCNC(=O)c1ccc(OCC(=O)O)cc1. The van der Waals surface area contributed by atoms with Gasteiger partial charge in [-0.05, 0) is 24.3 Å². The third-order valence-electron chi connectivity index (χ3n) is 1.89. The predicted molar refractivity (Wildman–Crippen MR) is 62.1 cm³/mol. The van der Waals surface area contributed by atoms with Crippen LogP contribution in [0.15, 0.2) is 36.9 Å². The van der Waals surface area contributed by atoms with Crippen LogP contribution in [0.25, 0.3) is 0 Å². The summed E-state index contributed by atoms with van der Waals surface area (Å²) in [5.74, 6) is -0.847. The van der Waals surface area contributed by atoms with Gasteiger partial charge in [-0.25, -0.2) is 4.79 Å². The average molecular weight is 235 g/mol. The van der Waals surface area contributed by atoms with Crippen molar-refractivity contribution in [3.8, 4) is 5.75 Å². The minimum Gasteiger partial charge on any atom is -0.482 e. The zero-order chi connectivity index (χ0) is 12.7. The number of benzene rings is 1. The molecule has 0 aromatic heterocycles. The Balaban J connectivity index is 2.57. The van der Waals surface area contributed by atoms with Crippen LogP contribution in [0.2, 0.25) is 0 Å². The van der Waals surface area contributed by atoms with Crippen LogP contribution >= 0.6 is 0 Å². The molecule has 2 N–H and O–H groups in total. The van der Waals surface area contributed by atoms with Gasteiger partial charge in [-0.2, -0.15) is 0 Å². The highest BCUT2D eigenvalue weighted by Gasteiger charge is 2.04. The van der Waals surface area contributed by atoms with Gasteiger partial charge in [-0.1, -0.05) is 6.08 Å². The second-order valence-electron chi connectivity index (χ2n) is 3.21. The Morgan fingerprint density at radius 2 is 2.00 bits per heavy atom. The van der Waals surface area contributed by atoms with Crippen LogP contribution in [0.3, 0.4) is 0 Å². The minimum atomic E-state index is -1.04. The van der Waals surface area contributed by atoms with Crippen molar-refractivity contribution >= 4 is 11.9 Å². The number of carbonyl (C=O) groups excluding carboxylic acids is 1. The fourth-order valence-corrected chi connectivity index (χ4v) is 1.11. The van der Waals surface area contributed by atoms with Crippen molar-refractivity contribution < 1.29 is 19.4 Å². The molecule has 0 aliphatic rings. The van der Waals surface area contributed by atoms with Crippen molar-refractivity contribution in [1.82, 2.24) is 5.32 Å². The number of hydrogen-bond donors (Lipinski definition) is 2. The highest BCUT2D eigenvalue weighted by Crippen LogP contribution is 2.11. The molecular weight excluding hydrogens is 222 g/mol. The Morgan fingerprint density at radius 3 is 2.53 bits per heavy atom. The molecule has 0 aliphatic carbocycles. The molecule has 0 heterocycles. The van der Waals surface area contributed by atoms with E-state index < -0.39 is 12.6 Å². The first-order chi connectivity index (χ1) is 8.13. The number of ether oxygens (including phenoxy) is 1. The maximum Gasteiger partial charge on any atom is 0.341 e. The summed E-state index contributed by atoms with van der Waals surface area (Å²) in [6.07, 6.45) is 1.59. The number of carboxylic acid groups (broad SMARTS) is 1. The van der Waals surface area contributed by atoms with Crippen LogP contribution in [0.1, 0.15) is 10.4 Å². The van der Waals surface area contributed by atoms with Crippen molar-refractivity contribution in [1.29, 1.82) is 0 Å². The summed E-state index contributed by atoms with van der Waals surface area (Å²) in [5.41, 5.74) is 0.481. The molecule has 0 unspecified atom stereocenters. The van der Waals surface area contributed by atoms with Crippen LogP contribution in [0.5, 0.6) is 5.75 Å². The van der Waals surface area contributed by atoms with Crippen molar-refractivity contribution in [2.45, 2.75) is 0 Å². The Bertz CT molecular complexity index is 411. The van der Waals surface area contributed by atoms with Crippen LogP contribution in [0.4, 0.5) is 0 Å². The lowest BCUT2D eigenvalue weighted by Gasteiger charge is -2.05. The Labute approximate surface area is 98.7 Å². The van der Waals surface area contributed by atoms with Crippen LogP contribution in [-0.2, 0) is 4.79 Å². The van der Waals surface area contributed by atoms with E-state index in [1.165, 1.54) is 0 Å².